The Kier molecular flexibility index (Phi) is 6.96. The third kappa shape index (κ3) is 5.10. The van der Waals surface area contributed by atoms with Crippen LogP contribution in [0.4, 0.5) is 39.5 Å². The molecule has 2 fully saturated rings. The molecule has 2 aliphatic carbocycles. The van der Waals surface area contributed by atoms with Gasteiger partial charge >= 0.3 is 24.5 Å². The number of halogens is 9. The number of rotatable bonds is 5. The fraction of sp³-hybridized carbons (Fsp3) is 0.952. The summed E-state index contributed by atoms with van der Waals surface area (Å²) < 4.78 is 126. The summed E-state index contributed by atoms with van der Waals surface area (Å²) in [7, 11) is 0. The summed E-state index contributed by atoms with van der Waals surface area (Å²) in [6.45, 7) is 6.39. The molecule has 194 valence electrons. The van der Waals surface area contributed by atoms with E-state index >= 15 is 0 Å². The largest absolute Gasteiger partial charge is 0.459 e. The first-order chi connectivity index (χ1) is 14.4. The second-order valence-corrected chi connectivity index (χ2v) is 10.8. The highest BCUT2D eigenvalue weighted by Crippen LogP contribution is 2.62. The van der Waals surface area contributed by atoms with Gasteiger partial charge in [0.1, 0.15) is 5.60 Å². The van der Waals surface area contributed by atoms with Crippen molar-refractivity contribution in [1.82, 2.24) is 0 Å². The van der Waals surface area contributed by atoms with Crippen LogP contribution in [-0.4, -0.2) is 40.8 Å². The highest BCUT2D eigenvalue weighted by Gasteiger charge is 2.72. The number of aliphatic hydroxyl groups is 1. The fourth-order valence-electron chi connectivity index (χ4n) is 5.42. The summed E-state index contributed by atoms with van der Waals surface area (Å²) >= 11 is 0. The standard InChI is InChI=1S/C21H29F9O3/c1-10-11-6-12(8-18(32,20(25,26)27)21(28,29)30)13(7-11)14(10)9-17(5,19(22,23)24)15(31)33-16(2,3)4/h10-14,32H,6-9H2,1-5H3. The lowest BCUT2D eigenvalue weighted by molar-refractivity contribution is -0.373. The van der Waals surface area contributed by atoms with E-state index in [4.69, 9.17) is 4.74 Å². The fourth-order valence-corrected chi connectivity index (χ4v) is 5.42. The molecule has 0 saturated heterocycles. The van der Waals surface area contributed by atoms with Gasteiger partial charge < -0.3 is 9.84 Å². The molecule has 0 aliphatic heterocycles. The Bertz CT molecular complexity index is 721. The van der Waals surface area contributed by atoms with Crippen LogP contribution in [0.25, 0.3) is 0 Å². The van der Waals surface area contributed by atoms with Crippen LogP contribution in [0.2, 0.25) is 0 Å². The normalized spacial score (nSPS) is 30.9. The lowest BCUT2D eigenvalue weighted by Gasteiger charge is -2.42. The number of alkyl halides is 9. The van der Waals surface area contributed by atoms with Gasteiger partial charge in [-0.1, -0.05) is 6.92 Å². The first kappa shape index (κ1) is 28.0. The van der Waals surface area contributed by atoms with E-state index in [1.54, 1.807) is 6.92 Å². The van der Waals surface area contributed by atoms with Gasteiger partial charge in [0.2, 0.25) is 0 Å². The summed E-state index contributed by atoms with van der Waals surface area (Å²) in [6, 6.07) is 0. The number of carbonyl (C=O) groups is 1. The van der Waals surface area contributed by atoms with E-state index in [1.165, 1.54) is 20.8 Å². The molecule has 6 atom stereocenters. The minimum Gasteiger partial charge on any atom is -0.459 e. The van der Waals surface area contributed by atoms with Gasteiger partial charge in [-0.25, -0.2) is 0 Å². The smallest absolute Gasteiger partial charge is 0.426 e. The van der Waals surface area contributed by atoms with Gasteiger partial charge in [0.15, 0.2) is 5.41 Å². The number of ether oxygens (including phenoxy) is 1. The van der Waals surface area contributed by atoms with E-state index in [9.17, 15) is 49.4 Å². The van der Waals surface area contributed by atoms with Crippen molar-refractivity contribution < 1.29 is 54.2 Å². The van der Waals surface area contributed by atoms with Crippen LogP contribution < -0.4 is 0 Å². The van der Waals surface area contributed by atoms with E-state index in [1.807, 2.05) is 0 Å². The minimum absolute atomic E-state index is 0.0635. The molecule has 33 heavy (non-hydrogen) atoms. The number of carbonyl (C=O) groups excluding carboxylic acids is 1. The molecular weight excluding hydrogens is 471 g/mol. The number of hydrogen-bond donors (Lipinski definition) is 1. The van der Waals surface area contributed by atoms with Crippen molar-refractivity contribution in [2.45, 2.75) is 90.0 Å². The van der Waals surface area contributed by atoms with Gasteiger partial charge in [0.25, 0.3) is 5.60 Å². The number of esters is 1. The van der Waals surface area contributed by atoms with Crippen molar-refractivity contribution >= 4 is 5.97 Å². The zero-order valence-corrected chi connectivity index (χ0v) is 18.9. The molecule has 2 rings (SSSR count). The highest BCUT2D eigenvalue weighted by atomic mass is 19.4. The lowest BCUT2D eigenvalue weighted by Crippen LogP contribution is -2.58. The molecule has 2 aliphatic rings. The predicted molar refractivity (Wildman–Crippen MR) is 98.7 cm³/mol. The van der Waals surface area contributed by atoms with Crippen LogP contribution in [-0.2, 0) is 9.53 Å². The van der Waals surface area contributed by atoms with E-state index in [2.05, 4.69) is 0 Å². The molecular formula is C21H29F9O3. The Morgan fingerprint density at radius 3 is 1.70 bits per heavy atom. The van der Waals surface area contributed by atoms with Gasteiger partial charge in [-0.15, -0.1) is 0 Å². The second-order valence-electron chi connectivity index (χ2n) is 10.8. The molecule has 0 spiro atoms. The average molecular weight is 500 g/mol. The molecule has 0 amide bonds. The summed E-state index contributed by atoms with van der Waals surface area (Å²) in [5.74, 6) is -5.56. The van der Waals surface area contributed by atoms with Gasteiger partial charge in [-0.3, -0.25) is 4.79 Å². The average Bonchev–Trinajstić information content (AvgIpc) is 3.09. The van der Waals surface area contributed by atoms with E-state index in [0.717, 1.165) is 0 Å². The van der Waals surface area contributed by atoms with Crippen LogP contribution in [0.5, 0.6) is 0 Å². The molecule has 0 aromatic rings. The molecule has 3 nitrogen and oxygen atoms in total. The Labute approximate surface area is 186 Å². The monoisotopic (exact) mass is 500 g/mol. The van der Waals surface area contributed by atoms with Crippen LogP contribution in [0, 0.1) is 35.0 Å². The molecule has 2 saturated carbocycles. The molecule has 12 heteroatoms. The zero-order chi connectivity index (χ0) is 26.0. The number of fused-ring (bicyclic) bond motifs is 2. The van der Waals surface area contributed by atoms with Gasteiger partial charge in [0.05, 0.1) is 0 Å². The molecule has 1 N–H and O–H groups in total. The van der Waals surface area contributed by atoms with Crippen molar-refractivity contribution in [1.29, 1.82) is 0 Å². The van der Waals surface area contributed by atoms with Crippen molar-refractivity contribution in [2.75, 3.05) is 0 Å². The molecule has 0 heterocycles. The number of hydrogen-bond acceptors (Lipinski definition) is 3. The second kappa shape index (κ2) is 8.19. The van der Waals surface area contributed by atoms with Gasteiger partial charge in [0, 0.05) is 0 Å². The molecule has 2 bridgehead atoms. The lowest BCUT2D eigenvalue weighted by atomic mass is 9.65. The van der Waals surface area contributed by atoms with Crippen LogP contribution in [0.15, 0.2) is 0 Å². The first-order valence-corrected chi connectivity index (χ1v) is 10.6. The maximum absolute atomic E-state index is 14.0. The summed E-state index contributed by atoms with van der Waals surface area (Å²) in [5, 5.41) is 9.60. The quantitative estimate of drug-likeness (QED) is 0.349. The zero-order valence-electron chi connectivity index (χ0n) is 18.9. The summed E-state index contributed by atoms with van der Waals surface area (Å²) in [6.07, 6.45) is -19.5. The SMILES string of the molecule is CC1C2CC(CC(O)(C(F)(F)F)C(F)(F)F)C(C2)C1CC(C)(C(=O)OC(C)(C)C)C(F)(F)F. The summed E-state index contributed by atoms with van der Waals surface area (Å²) in [4.78, 5) is 12.5. The molecule has 6 unspecified atom stereocenters. The van der Waals surface area contributed by atoms with Crippen LogP contribution >= 0.6 is 0 Å². The molecule has 0 aromatic heterocycles. The van der Waals surface area contributed by atoms with E-state index < -0.39 is 83.5 Å². The third-order valence-electron chi connectivity index (χ3n) is 7.37. The topological polar surface area (TPSA) is 46.5 Å². The minimum atomic E-state index is -5.99. The van der Waals surface area contributed by atoms with Crippen LogP contribution in [0.3, 0.4) is 0 Å². The highest BCUT2D eigenvalue weighted by molar-refractivity contribution is 5.77. The third-order valence-corrected chi connectivity index (χ3v) is 7.37. The molecule has 0 radical (unpaired) electrons. The summed E-state index contributed by atoms with van der Waals surface area (Å²) in [5.41, 5.74) is -9.18. The Hall–Kier alpha value is -1.20. The molecule has 0 aromatic carbocycles. The van der Waals surface area contributed by atoms with Crippen molar-refractivity contribution in [3.63, 3.8) is 0 Å². The van der Waals surface area contributed by atoms with Crippen LogP contribution in [0.1, 0.15) is 60.3 Å². The first-order valence-electron chi connectivity index (χ1n) is 10.6. The van der Waals surface area contributed by atoms with E-state index in [-0.39, 0.29) is 12.8 Å². The maximum Gasteiger partial charge on any atom is 0.426 e. The van der Waals surface area contributed by atoms with Gasteiger partial charge in [-0.05, 0) is 83.0 Å². The van der Waals surface area contributed by atoms with Crippen molar-refractivity contribution in [2.24, 2.45) is 35.0 Å². The Morgan fingerprint density at radius 1 is 0.848 bits per heavy atom. The Morgan fingerprint density at radius 2 is 1.33 bits per heavy atom. The Balaban J connectivity index is 2.35. The van der Waals surface area contributed by atoms with Crippen molar-refractivity contribution in [3.05, 3.63) is 0 Å². The van der Waals surface area contributed by atoms with Gasteiger partial charge in [-0.2, -0.15) is 39.5 Å². The maximum atomic E-state index is 14.0. The predicted octanol–water partition coefficient (Wildman–Crippen LogP) is 6.44. The van der Waals surface area contributed by atoms with Crippen molar-refractivity contribution in [3.8, 4) is 0 Å². The van der Waals surface area contributed by atoms with E-state index in [0.29, 0.717) is 6.92 Å².